The lowest BCUT2D eigenvalue weighted by molar-refractivity contribution is 0.0952. The molecule has 0 bridgehead atoms. The zero-order chi connectivity index (χ0) is 18.2. The number of aryl methyl sites for hydroxylation is 1. The van der Waals surface area contributed by atoms with Gasteiger partial charge in [0.15, 0.2) is 11.5 Å². The average molecular weight is 343 g/mol. The van der Waals surface area contributed by atoms with Gasteiger partial charge >= 0.3 is 0 Å². The number of fused-ring (bicyclic) bond motifs is 1. The zero-order valence-electron chi connectivity index (χ0n) is 15.5. The van der Waals surface area contributed by atoms with Crippen LogP contribution in [0.15, 0.2) is 18.2 Å². The van der Waals surface area contributed by atoms with Crippen LogP contribution < -0.4 is 14.8 Å². The summed E-state index contributed by atoms with van der Waals surface area (Å²) in [5.74, 6) is 1.46. The predicted octanol–water partition coefficient (Wildman–Crippen LogP) is 2.96. The van der Waals surface area contributed by atoms with Gasteiger partial charge in [0, 0.05) is 12.2 Å². The van der Waals surface area contributed by atoms with Gasteiger partial charge in [0.2, 0.25) is 6.79 Å². The Morgan fingerprint density at radius 2 is 1.96 bits per heavy atom. The Morgan fingerprint density at radius 1 is 1.24 bits per heavy atom. The second-order valence-corrected chi connectivity index (χ2v) is 7.32. The average Bonchev–Trinajstić information content (AvgIpc) is 3.10. The molecule has 6 heteroatoms. The van der Waals surface area contributed by atoms with Crippen LogP contribution in [0.3, 0.4) is 0 Å². The number of benzene rings is 1. The molecule has 0 radical (unpaired) electrons. The highest BCUT2D eigenvalue weighted by molar-refractivity contribution is 5.96. The monoisotopic (exact) mass is 343 g/mol. The smallest absolute Gasteiger partial charge is 0.255 e. The molecule has 0 unspecified atom stereocenters. The second-order valence-electron chi connectivity index (χ2n) is 7.32. The number of ether oxygens (including phenoxy) is 2. The molecule has 134 valence electrons. The molecule has 25 heavy (non-hydrogen) atoms. The Labute approximate surface area is 148 Å². The highest BCUT2D eigenvalue weighted by Crippen LogP contribution is 2.32. The number of rotatable bonds is 4. The summed E-state index contributed by atoms with van der Waals surface area (Å²) in [5, 5.41) is 7.53. The molecular formula is C19H25N3O3. The van der Waals surface area contributed by atoms with Gasteiger partial charge in [0.05, 0.1) is 16.8 Å². The van der Waals surface area contributed by atoms with Gasteiger partial charge in [0.25, 0.3) is 5.91 Å². The number of aromatic nitrogens is 2. The van der Waals surface area contributed by atoms with Crippen LogP contribution in [-0.2, 0) is 12.0 Å². The van der Waals surface area contributed by atoms with Crippen molar-refractivity contribution in [1.29, 1.82) is 0 Å². The summed E-state index contributed by atoms with van der Waals surface area (Å²) in [7, 11) is 0. The minimum Gasteiger partial charge on any atom is -0.454 e. The first kappa shape index (κ1) is 17.3. The van der Waals surface area contributed by atoms with Gasteiger partial charge < -0.3 is 14.8 Å². The normalized spacial score (nSPS) is 13.2. The van der Waals surface area contributed by atoms with Crippen molar-refractivity contribution < 1.29 is 14.3 Å². The first-order valence-electron chi connectivity index (χ1n) is 8.51. The quantitative estimate of drug-likeness (QED) is 0.927. The first-order chi connectivity index (χ1) is 11.8. The molecule has 6 nitrogen and oxygen atoms in total. The van der Waals surface area contributed by atoms with E-state index in [9.17, 15) is 4.79 Å². The number of carbonyl (C=O) groups is 1. The van der Waals surface area contributed by atoms with Gasteiger partial charge in [-0.15, -0.1) is 0 Å². The number of nitrogens with one attached hydrogen (secondary N) is 1. The summed E-state index contributed by atoms with van der Waals surface area (Å²) in [6.45, 7) is 10.9. The maximum absolute atomic E-state index is 12.6. The summed E-state index contributed by atoms with van der Waals surface area (Å²) in [4.78, 5) is 12.6. The third-order valence-electron chi connectivity index (χ3n) is 4.29. The van der Waals surface area contributed by atoms with E-state index in [1.54, 1.807) is 0 Å². The van der Waals surface area contributed by atoms with Gasteiger partial charge in [-0.3, -0.25) is 9.48 Å². The Morgan fingerprint density at radius 3 is 2.64 bits per heavy atom. The summed E-state index contributed by atoms with van der Waals surface area (Å²) in [5.41, 5.74) is 3.27. The van der Waals surface area contributed by atoms with E-state index in [1.165, 1.54) is 0 Å². The molecular weight excluding hydrogens is 318 g/mol. The lowest BCUT2D eigenvalue weighted by Crippen LogP contribution is -2.28. The van der Waals surface area contributed by atoms with Crippen LogP contribution in [0.1, 0.15) is 48.1 Å². The van der Waals surface area contributed by atoms with Gasteiger partial charge in [-0.2, -0.15) is 5.10 Å². The van der Waals surface area contributed by atoms with Gasteiger partial charge in [-0.1, -0.05) is 6.07 Å². The summed E-state index contributed by atoms with van der Waals surface area (Å²) >= 11 is 0. The second kappa shape index (κ2) is 6.43. The molecule has 1 aliphatic heterocycles. The molecule has 1 aromatic carbocycles. The standard InChI is InChI=1S/C19H25N3O3/c1-12-17(13(2)22(21-12)19(3,4)5)18(23)20-9-8-14-6-7-15-16(10-14)25-11-24-15/h6-7,10H,8-9,11H2,1-5H3,(H,20,23). The zero-order valence-corrected chi connectivity index (χ0v) is 15.5. The van der Waals surface area contributed by atoms with Crippen molar-refractivity contribution >= 4 is 5.91 Å². The molecule has 1 aliphatic rings. The predicted molar refractivity (Wildman–Crippen MR) is 95.3 cm³/mol. The minimum absolute atomic E-state index is 0.0776. The van der Waals surface area contributed by atoms with Crippen LogP contribution in [0.4, 0.5) is 0 Å². The van der Waals surface area contributed by atoms with Crippen molar-refractivity contribution in [2.45, 2.75) is 46.6 Å². The highest BCUT2D eigenvalue weighted by atomic mass is 16.7. The van der Waals surface area contributed by atoms with E-state index in [2.05, 4.69) is 31.2 Å². The molecule has 0 aliphatic carbocycles. The van der Waals surface area contributed by atoms with Gasteiger partial charge in [-0.05, 0) is 58.7 Å². The maximum atomic E-state index is 12.6. The Balaban J connectivity index is 1.64. The van der Waals surface area contributed by atoms with Gasteiger partial charge in [-0.25, -0.2) is 0 Å². The fourth-order valence-electron chi connectivity index (χ4n) is 3.13. The van der Waals surface area contributed by atoms with Crippen molar-refractivity contribution in [3.63, 3.8) is 0 Å². The molecule has 1 amide bonds. The molecule has 3 rings (SSSR count). The highest BCUT2D eigenvalue weighted by Gasteiger charge is 2.24. The van der Waals surface area contributed by atoms with Crippen LogP contribution in [0.5, 0.6) is 11.5 Å². The van der Waals surface area contributed by atoms with Crippen LogP contribution in [0.2, 0.25) is 0 Å². The third kappa shape index (κ3) is 3.48. The van der Waals surface area contributed by atoms with Crippen molar-refractivity contribution in [1.82, 2.24) is 15.1 Å². The SMILES string of the molecule is Cc1nn(C(C)(C)C)c(C)c1C(=O)NCCc1ccc2c(c1)OCO2. The topological polar surface area (TPSA) is 65.4 Å². The van der Waals surface area contributed by atoms with Crippen molar-refractivity contribution in [2.24, 2.45) is 0 Å². The minimum atomic E-state index is -0.153. The Hall–Kier alpha value is -2.50. The molecule has 1 N–H and O–H groups in total. The van der Waals surface area contributed by atoms with Crippen LogP contribution in [0, 0.1) is 13.8 Å². The number of carbonyl (C=O) groups excluding carboxylic acids is 1. The number of nitrogens with zero attached hydrogens (tertiary/aromatic N) is 2. The number of hydrogen-bond acceptors (Lipinski definition) is 4. The van der Waals surface area contributed by atoms with Crippen LogP contribution in [-0.4, -0.2) is 29.0 Å². The summed E-state index contributed by atoms with van der Waals surface area (Å²) < 4.78 is 12.6. The largest absolute Gasteiger partial charge is 0.454 e. The Kier molecular flexibility index (Phi) is 4.45. The lowest BCUT2D eigenvalue weighted by Gasteiger charge is -2.21. The van der Waals surface area contributed by atoms with Gasteiger partial charge in [0.1, 0.15) is 0 Å². The summed E-state index contributed by atoms with van der Waals surface area (Å²) in [6.07, 6.45) is 0.730. The molecule has 0 saturated heterocycles. The van der Waals surface area contributed by atoms with E-state index in [0.717, 1.165) is 34.9 Å². The van der Waals surface area contributed by atoms with E-state index >= 15 is 0 Å². The van der Waals surface area contributed by atoms with Crippen molar-refractivity contribution in [3.05, 3.63) is 40.7 Å². The van der Waals surface area contributed by atoms with E-state index in [1.807, 2.05) is 36.7 Å². The number of hydrogen-bond donors (Lipinski definition) is 1. The molecule has 1 aromatic heterocycles. The van der Waals surface area contributed by atoms with Crippen molar-refractivity contribution in [2.75, 3.05) is 13.3 Å². The third-order valence-corrected chi connectivity index (χ3v) is 4.29. The first-order valence-corrected chi connectivity index (χ1v) is 8.51. The Bertz CT molecular complexity index is 803. The molecule has 0 saturated carbocycles. The van der Waals surface area contributed by atoms with E-state index < -0.39 is 0 Å². The van der Waals surface area contributed by atoms with E-state index in [0.29, 0.717) is 12.1 Å². The maximum Gasteiger partial charge on any atom is 0.255 e. The molecule has 2 heterocycles. The van der Waals surface area contributed by atoms with E-state index in [4.69, 9.17) is 9.47 Å². The van der Waals surface area contributed by atoms with Crippen LogP contribution >= 0.6 is 0 Å². The molecule has 0 atom stereocenters. The fourth-order valence-corrected chi connectivity index (χ4v) is 3.13. The van der Waals surface area contributed by atoms with E-state index in [-0.39, 0.29) is 18.2 Å². The molecule has 0 fully saturated rings. The summed E-state index contributed by atoms with van der Waals surface area (Å²) in [6, 6.07) is 5.86. The fraction of sp³-hybridized carbons (Fsp3) is 0.474. The lowest BCUT2D eigenvalue weighted by atomic mass is 10.1. The molecule has 0 spiro atoms. The van der Waals surface area contributed by atoms with Crippen molar-refractivity contribution in [3.8, 4) is 11.5 Å². The number of amides is 1. The molecule has 2 aromatic rings. The van der Waals surface area contributed by atoms with Crippen LogP contribution in [0.25, 0.3) is 0 Å².